The topological polar surface area (TPSA) is 88.7 Å². The van der Waals surface area contributed by atoms with E-state index in [0.717, 1.165) is 82.1 Å². The Hall–Kier alpha value is -4.88. The van der Waals surface area contributed by atoms with Crippen LogP contribution in [0.5, 0.6) is 5.75 Å². The molecule has 0 atom stereocenters. The summed E-state index contributed by atoms with van der Waals surface area (Å²) < 4.78 is 0. The summed E-state index contributed by atoms with van der Waals surface area (Å²) in [6.45, 7) is 5.04. The highest BCUT2D eigenvalue weighted by atomic mass is 16.3. The largest absolute Gasteiger partial charge is 0.508 e. The Labute approximate surface area is 308 Å². The third kappa shape index (κ3) is 9.12. The van der Waals surface area contributed by atoms with E-state index in [-0.39, 0.29) is 17.6 Å². The summed E-state index contributed by atoms with van der Waals surface area (Å²) in [4.78, 5) is 34.9. The van der Waals surface area contributed by atoms with Crippen molar-refractivity contribution in [1.82, 2.24) is 20.1 Å². The number of amides is 2. The molecule has 0 radical (unpaired) electrons. The van der Waals surface area contributed by atoms with Crippen molar-refractivity contribution in [2.45, 2.75) is 64.3 Å². The molecule has 4 aromatic carbocycles. The molecule has 0 aliphatic carbocycles. The van der Waals surface area contributed by atoms with Crippen LogP contribution in [0.1, 0.15) is 72.0 Å². The number of H-pyrrole nitrogens is 1. The average molecular weight is 697 g/mol. The first-order valence-corrected chi connectivity index (χ1v) is 19.3. The van der Waals surface area contributed by atoms with E-state index in [2.05, 4.69) is 40.6 Å². The van der Waals surface area contributed by atoms with E-state index in [0.29, 0.717) is 25.9 Å². The number of para-hydroxylation sites is 1. The standard InChI is InChI=1S/C45H52N4O3/c50-41-16-14-35(15-17-41)22-27-49(44(51)30-40-31-47-43-13-2-1-12-42(40)43)32-36-8-4-9-37(28-36)38-10-5-11-39(29-38)45(52)48-25-20-34(21-26-48)7-3-6-33-18-23-46-24-19-33/h1-2,4-5,8-17,28-29,31,33-34,46-47,50H,3,6-7,18-27,30,32H2. The minimum Gasteiger partial charge on any atom is -0.508 e. The van der Waals surface area contributed by atoms with Gasteiger partial charge in [0.25, 0.3) is 5.91 Å². The van der Waals surface area contributed by atoms with Crippen molar-refractivity contribution in [1.29, 1.82) is 0 Å². The van der Waals surface area contributed by atoms with Crippen molar-refractivity contribution in [3.63, 3.8) is 0 Å². The second-order valence-corrected chi connectivity index (χ2v) is 14.9. The van der Waals surface area contributed by atoms with Crippen molar-refractivity contribution < 1.29 is 14.7 Å². The molecule has 7 heteroatoms. The van der Waals surface area contributed by atoms with Gasteiger partial charge in [-0.25, -0.2) is 0 Å². The number of benzene rings is 4. The number of likely N-dealkylation sites (tertiary alicyclic amines) is 1. The minimum atomic E-state index is 0.0621. The van der Waals surface area contributed by atoms with Gasteiger partial charge in [0.1, 0.15) is 5.75 Å². The second kappa shape index (κ2) is 17.1. The summed E-state index contributed by atoms with van der Waals surface area (Å²) >= 11 is 0. The zero-order chi connectivity index (χ0) is 35.7. The van der Waals surface area contributed by atoms with Crippen LogP contribution in [0.3, 0.4) is 0 Å². The first-order valence-electron chi connectivity index (χ1n) is 19.3. The van der Waals surface area contributed by atoms with Crippen LogP contribution in [0.4, 0.5) is 0 Å². The Bertz CT molecular complexity index is 1940. The molecule has 2 aliphatic rings. The molecular weight excluding hydrogens is 645 g/mol. The van der Waals surface area contributed by atoms with Crippen molar-refractivity contribution >= 4 is 22.7 Å². The fourth-order valence-electron chi connectivity index (χ4n) is 8.15. The zero-order valence-corrected chi connectivity index (χ0v) is 30.2. The molecule has 7 nitrogen and oxygen atoms in total. The molecule has 5 aromatic rings. The van der Waals surface area contributed by atoms with Crippen LogP contribution in [-0.4, -0.2) is 64.4 Å². The molecule has 2 aliphatic heterocycles. The lowest BCUT2D eigenvalue weighted by molar-refractivity contribution is -0.131. The highest BCUT2D eigenvalue weighted by molar-refractivity contribution is 5.95. The van der Waals surface area contributed by atoms with E-state index in [1.54, 1.807) is 12.1 Å². The molecule has 2 fully saturated rings. The van der Waals surface area contributed by atoms with Crippen LogP contribution < -0.4 is 5.32 Å². The molecule has 0 spiro atoms. The maximum absolute atomic E-state index is 13.9. The third-order valence-corrected chi connectivity index (χ3v) is 11.3. The molecule has 7 rings (SSSR count). The summed E-state index contributed by atoms with van der Waals surface area (Å²) in [6, 6.07) is 31.6. The molecular formula is C45H52N4O3. The van der Waals surface area contributed by atoms with Gasteiger partial charge < -0.3 is 25.2 Å². The number of piperidine rings is 2. The fourth-order valence-corrected chi connectivity index (χ4v) is 8.15. The number of aromatic amines is 1. The van der Waals surface area contributed by atoms with E-state index >= 15 is 0 Å². The first-order chi connectivity index (χ1) is 25.5. The van der Waals surface area contributed by atoms with Crippen LogP contribution in [0, 0.1) is 11.8 Å². The highest BCUT2D eigenvalue weighted by Gasteiger charge is 2.24. The maximum atomic E-state index is 13.9. The van der Waals surface area contributed by atoms with E-state index in [1.165, 1.54) is 45.2 Å². The summed E-state index contributed by atoms with van der Waals surface area (Å²) in [6.07, 6.45) is 11.7. The lowest BCUT2D eigenvalue weighted by Gasteiger charge is -2.32. The lowest BCUT2D eigenvalue weighted by Crippen LogP contribution is -2.38. The molecule has 270 valence electrons. The van der Waals surface area contributed by atoms with Gasteiger partial charge in [-0.15, -0.1) is 0 Å². The normalized spacial score (nSPS) is 15.6. The number of rotatable bonds is 13. The van der Waals surface area contributed by atoms with E-state index in [1.807, 2.05) is 70.6 Å². The molecule has 3 heterocycles. The molecule has 0 saturated carbocycles. The van der Waals surface area contributed by atoms with Crippen molar-refractivity contribution in [2.75, 3.05) is 32.7 Å². The van der Waals surface area contributed by atoms with E-state index in [4.69, 9.17) is 0 Å². The number of carbonyl (C=O) groups is 2. The summed E-state index contributed by atoms with van der Waals surface area (Å²) in [5, 5.41) is 14.3. The number of fused-ring (bicyclic) bond motifs is 1. The second-order valence-electron chi connectivity index (χ2n) is 14.9. The number of nitrogens with zero attached hydrogens (tertiary/aromatic N) is 2. The Kier molecular flexibility index (Phi) is 11.7. The Morgan fingerprint density at radius 3 is 2.27 bits per heavy atom. The quantitative estimate of drug-likeness (QED) is 0.115. The van der Waals surface area contributed by atoms with Crippen LogP contribution in [0.25, 0.3) is 22.0 Å². The SMILES string of the molecule is O=C(Cc1c[nH]c2ccccc12)N(CCc1ccc(O)cc1)Cc1cccc(-c2cccc(C(=O)N3CCC(CCCC4CCNCC4)CC3)c2)c1. The average Bonchev–Trinajstić information content (AvgIpc) is 3.60. The maximum Gasteiger partial charge on any atom is 0.253 e. The first kappa shape index (κ1) is 35.5. The number of nitrogens with one attached hydrogen (secondary N) is 2. The number of phenolic OH excluding ortho intramolecular Hbond substituents is 1. The molecule has 1 aromatic heterocycles. The molecule has 0 unspecified atom stereocenters. The van der Waals surface area contributed by atoms with Gasteiger partial charge in [-0.3, -0.25) is 9.59 Å². The monoisotopic (exact) mass is 696 g/mol. The number of hydrogen-bond acceptors (Lipinski definition) is 4. The van der Waals surface area contributed by atoms with Gasteiger partial charge in [0.05, 0.1) is 6.42 Å². The minimum absolute atomic E-state index is 0.0621. The van der Waals surface area contributed by atoms with Gasteiger partial charge in [0, 0.05) is 48.8 Å². The van der Waals surface area contributed by atoms with Crippen LogP contribution >= 0.6 is 0 Å². The molecule has 0 bridgehead atoms. The number of hydrogen-bond donors (Lipinski definition) is 3. The van der Waals surface area contributed by atoms with Gasteiger partial charge in [-0.1, -0.05) is 79.9 Å². The smallest absolute Gasteiger partial charge is 0.253 e. The van der Waals surface area contributed by atoms with Gasteiger partial charge in [0.15, 0.2) is 0 Å². The summed E-state index contributed by atoms with van der Waals surface area (Å²) in [7, 11) is 0. The number of phenols is 1. The summed E-state index contributed by atoms with van der Waals surface area (Å²) in [5.74, 6) is 2.04. The number of carbonyl (C=O) groups excluding carboxylic acids is 2. The predicted molar refractivity (Wildman–Crippen MR) is 209 cm³/mol. The Morgan fingerprint density at radius 1 is 0.769 bits per heavy atom. The molecule has 2 amide bonds. The van der Waals surface area contributed by atoms with Crippen molar-refractivity contribution in [2.24, 2.45) is 11.8 Å². The third-order valence-electron chi connectivity index (χ3n) is 11.3. The molecule has 2 saturated heterocycles. The van der Waals surface area contributed by atoms with Gasteiger partial charge in [-0.05, 0) is 121 Å². The predicted octanol–water partition coefficient (Wildman–Crippen LogP) is 8.38. The number of aromatic nitrogens is 1. The van der Waals surface area contributed by atoms with Gasteiger partial charge in [0.2, 0.25) is 5.91 Å². The van der Waals surface area contributed by atoms with Crippen molar-refractivity contribution in [3.8, 4) is 16.9 Å². The van der Waals surface area contributed by atoms with E-state index in [9.17, 15) is 14.7 Å². The molecule has 3 N–H and O–H groups in total. The zero-order valence-electron chi connectivity index (χ0n) is 30.2. The van der Waals surface area contributed by atoms with E-state index < -0.39 is 0 Å². The Morgan fingerprint density at radius 2 is 1.48 bits per heavy atom. The van der Waals surface area contributed by atoms with Crippen molar-refractivity contribution in [3.05, 3.63) is 126 Å². The molecule has 52 heavy (non-hydrogen) atoms. The van der Waals surface area contributed by atoms with Crippen LogP contribution in [-0.2, 0) is 24.2 Å². The highest BCUT2D eigenvalue weighted by Crippen LogP contribution is 2.28. The summed E-state index contributed by atoms with van der Waals surface area (Å²) in [5.41, 5.74) is 6.88. The lowest BCUT2D eigenvalue weighted by atomic mass is 9.87. The fraction of sp³-hybridized carbons (Fsp3) is 0.378. The Balaban J connectivity index is 0.996. The van der Waals surface area contributed by atoms with Gasteiger partial charge >= 0.3 is 0 Å². The van der Waals surface area contributed by atoms with Crippen LogP contribution in [0.15, 0.2) is 103 Å². The number of aromatic hydroxyl groups is 1. The van der Waals surface area contributed by atoms with Gasteiger partial charge in [-0.2, -0.15) is 0 Å². The van der Waals surface area contributed by atoms with Crippen LogP contribution in [0.2, 0.25) is 0 Å².